The van der Waals surface area contributed by atoms with E-state index in [0.29, 0.717) is 0 Å². The molecule has 2 aromatic heterocycles. The minimum atomic E-state index is 0.756. The smallest absolute Gasteiger partial charge is 0.160 e. The second kappa shape index (κ2) is 4.11. The number of benzene rings is 1. The summed E-state index contributed by atoms with van der Waals surface area (Å²) in [4.78, 5) is 16.8. The average molecular weight is 239 g/mol. The monoisotopic (exact) mass is 239 g/mol. The Morgan fingerprint density at radius 3 is 2.88 bits per heavy atom. The molecule has 0 bridgehead atoms. The highest BCUT2D eigenvalue weighted by atomic mass is 32.1. The van der Waals surface area contributed by atoms with E-state index in [9.17, 15) is 4.79 Å². The van der Waals surface area contributed by atoms with Crippen molar-refractivity contribution < 1.29 is 4.79 Å². The Morgan fingerprint density at radius 2 is 2.06 bits per heavy atom. The van der Waals surface area contributed by atoms with E-state index in [1.165, 1.54) is 11.3 Å². The van der Waals surface area contributed by atoms with Gasteiger partial charge in [0, 0.05) is 16.5 Å². The lowest BCUT2D eigenvalue weighted by atomic mass is 10.1. The molecular formula is C14H9NOS. The van der Waals surface area contributed by atoms with Gasteiger partial charge in [-0.25, -0.2) is 0 Å². The first kappa shape index (κ1) is 10.2. The Balaban J connectivity index is 2.14. The number of rotatable bonds is 2. The van der Waals surface area contributed by atoms with Gasteiger partial charge in [0.05, 0.1) is 10.4 Å². The molecule has 0 saturated carbocycles. The van der Waals surface area contributed by atoms with E-state index >= 15 is 0 Å². The Labute approximate surface area is 103 Å². The Bertz CT molecular complexity index is 687. The fourth-order valence-corrected chi connectivity index (χ4v) is 2.62. The van der Waals surface area contributed by atoms with Crippen molar-refractivity contribution in [3.8, 4) is 10.4 Å². The predicted molar refractivity (Wildman–Crippen MR) is 70.4 cm³/mol. The number of carbonyl (C=O) groups is 1. The molecule has 0 radical (unpaired) electrons. The summed E-state index contributed by atoms with van der Waals surface area (Å²) in [6.45, 7) is 0. The lowest BCUT2D eigenvalue weighted by Gasteiger charge is -2.00. The summed E-state index contributed by atoms with van der Waals surface area (Å²) in [5.74, 6) is 0. The van der Waals surface area contributed by atoms with Crippen molar-refractivity contribution in [3.63, 3.8) is 0 Å². The van der Waals surface area contributed by atoms with Gasteiger partial charge in [-0.15, -0.1) is 11.3 Å². The molecule has 2 heterocycles. The lowest BCUT2D eigenvalue weighted by molar-refractivity contribution is 0.112. The van der Waals surface area contributed by atoms with Gasteiger partial charge in [-0.3, -0.25) is 9.78 Å². The standard InChI is InChI=1S/C14H9NOS/c16-9-12-4-6-14(17-12)11-3-5-13-10(8-11)2-1-7-15-13/h1-9H. The zero-order valence-corrected chi connectivity index (χ0v) is 9.78. The van der Waals surface area contributed by atoms with Gasteiger partial charge < -0.3 is 0 Å². The number of carbonyl (C=O) groups excluding carboxylic acids is 1. The molecule has 17 heavy (non-hydrogen) atoms. The number of aldehydes is 1. The molecule has 3 aromatic rings. The molecule has 0 N–H and O–H groups in total. The summed E-state index contributed by atoms with van der Waals surface area (Å²) in [6, 6.07) is 13.9. The molecule has 0 unspecified atom stereocenters. The van der Waals surface area contributed by atoms with Gasteiger partial charge in [-0.05, 0) is 35.9 Å². The summed E-state index contributed by atoms with van der Waals surface area (Å²) in [5.41, 5.74) is 2.12. The van der Waals surface area contributed by atoms with Crippen LogP contribution in [0.3, 0.4) is 0 Å². The highest BCUT2D eigenvalue weighted by Crippen LogP contribution is 2.29. The second-order valence-electron chi connectivity index (χ2n) is 3.73. The van der Waals surface area contributed by atoms with E-state index < -0.39 is 0 Å². The number of hydrogen-bond donors (Lipinski definition) is 0. The van der Waals surface area contributed by atoms with Crippen LogP contribution in [0.1, 0.15) is 9.67 Å². The summed E-state index contributed by atoms with van der Waals surface area (Å²) >= 11 is 1.51. The van der Waals surface area contributed by atoms with Gasteiger partial charge in [-0.1, -0.05) is 12.1 Å². The first-order chi connectivity index (χ1) is 8.36. The average Bonchev–Trinajstić information content (AvgIpc) is 2.87. The first-order valence-corrected chi connectivity index (χ1v) is 6.08. The van der Waals surface area contributed by atoms with Crippen LogP contribution in [-0.2, 0) is 0 Å². The molecule has 82 valence electrons. The van der Waals surface area contributed by atoms with Crippen LogP contribution < -0.4 is 0 Å². The maximum Gasteiger partial charge on any atom is 0.160 e. The third-order valence-corrected chi connectivity index (χ3v) is 3.69. The third-order valence-electron chi connectivity index (χ3n) is 2.63. The van der Waals surface area contributed by atoms with Crippen LogP contribution in [0.2, 0.25) is 0 Å². The Hall–Kier alpha value is -2.00. The van der Waals surface area contributed by atoms with Gasteiger partial charge in [0.15, 0.2) is 6.29 Å². The van der Waals surface area contributed by atoms with Crippen molar-refractivity contribution in [1.29, 1.82) is 0 Å². The molecule has 0 aliphatic rings. The quantitative estimate of drug-likeness (QED) is 0.637. The summed E-state index contributed by atoms with van der Waals surface area (Å²) in [5, 5.41) is 1.12. The van der Waals surface area contributed by atoms with E-state index in [2.05, 4.69) is 11.1 Å². The van der Waals surface area contributed by atoms with Gasteiger partial charge in [0.1, 0.15) is 0 Å². The molecule has 1 aromatic carbocycles. The van der Waals surface area contributed by atoms with Crippen molar-refractivity contribution in [2.45, 2.75) is 0 Å². The fraction of sp³-hybridized carbons (Fsp3) is 0. The van der Waals surface area contributed by atoms with Crippen molar-refractivity contribution in [2.75, 3.05) is 0 Å². The molecule has 3 rings (SSSR count). The topological polar surface area (TPSA) is 30.0 Å². The van der Waals surface area contributed by atoms with Crippen LogP contribution in [0.5, 0.6) is 0 Å². The minimum Gasteiger partial charge on any atom is -0.297 e. The number of pyridine rings is 1. The van der Waals surface area contributed by atoms with Crippen LogP contribution in [0.25, 0.3) is 21.3 Å². The Morgan fingerprint density at radius 1 is 1.12 bits per heavy atom. The number of fused-ring (bicyclic) bond motifs is 1. The fourth-order valence-electron chi connectivity index (χ4n) is 1.80. The first-order valence-electron chi connectivity index (χ1n) is 5.27. The van der Waals surface area contributed by atoms with Crippen molar-refractivity contribution >= 4 is 28.5 Å². The molecule has 3 heteroatoms. The van der Waals surface area contributed by atoms with E-state index in [-0.39, 0.29) is 0 Å². The van der Waals surface area contributed by atoms with Gasteiger partial charge in [-0.2, -0.15) is 0 Å². The molecule has 0 aliphatic carbocycles. The molecule has 2 nitrogen and oxygen atoms in total. The van der Waals surface area contributed by atoms with Crippen molar-refractivity contribution in [3.05, 3.63) is 53.5 Å². The summed E-state index contributed by atoms with van der Waals surface area (Å²) < 4.78 is 0. The van der Waals surface area contributed by atoms with E-state index in [1.54, 1.807) is 6.20 Å². The minimum absolute atomic E-state index is 0.756. The summed E-state index contributed by atoms with van der Waals surface area (Å²) in [7, 11) is 0. The van der Waals surface area contributed by atoms with E-state index in [0.717, 1.165) is 32.5 Å². The molecule has 0 amide bonds. The van der Waals surface area contributed by atoms with Crippen LogP contribution >= 0.6 is 11.3 Å². The SMILES string of the molecule is O=Cc1ccc(-c2ccc3ncccc3c2)s1. The van der Waals surface area contributed by atoms with Crippen LogP contribution in [0.4, 0.5) is 0 Å². The van der Waals surface area contributed by atoms with E-state index in [1.807, 2.05) is 36.4 Å². The van der Waals surface area contributed by atoms with E-state index in [4.69, 9.17) is 0 Å². The Kier molecular flexibility index (Phi) is 2.46. The number of nitrogens with zero attached hydrogens (tertiary/aromatic N) is 1. The van der Waals surface area contributed by atoms with Crippen molar-refractivity contribution in [1.82, 2.24) is 4.98 Å². The number of thiophene rings is 1. The van der Waals surface area contributed by atoms with Crippen LogP contribution in [0, 0.1) is 0 Å². The van der Waals surface area contributed by atoms with Gasteiger partial charge in [0.25, 0.3) is 0 Å². The number of hydrogen-bond acceptors (Lipinski definition) is 3. The highest BCUT2D eigenvalue weighted by Gasteiger charge is 2.03. The summed E-state index contributed by atoms with van der Waals surface area (Å²) in [6.07, 6.45) is 2.68. The van der Waals surface area contributed by atoms with Crippen LogP contribution in [-0.4, -0.2) is 11.3 Å². The molecule has 0 spiro atoms. The molecule has 0 fully saturated rings. The lowest BCUT2D eigenvalue weighted by Crippen LogP contribution is -1.78. The predicted octanol–water partition coefficient (Wildman–Crippen LogP) is 3.78. The zero-order valence-electron chi connectivity index (χ0n) is 8.96. The largest absolute Gasteiger partial charge is 0.297 e. The maximum atomic E-state index is 10.7. The maximum absolute atomic E-state index is 10.7. The third kappa shape index (κ3) is 1.85. The molecule has 0 saturated heterocycles. The number of aromatic nitrogens is 1. The molecule has 0 atom stereocenters. The molecular weight excluding hydrogens is 230 g/mol. The molecule has 0 aliphatic heterocycles. The van der Waals surface area contributed by atoms with Gasteiger partial charge in [0.2, 0.25) is 0 Å². The second-order valence-corrected chi connectivity index (χ2v) is 4.85. The van der Waals surface area contributed by atoms with Crippen molar-refractivity contribution in [2.24, 2.45) is 0 Å². The van der Waals surface area contributed by atoms with Crippen LogP contribution in [0.15, 0.2) is 48.7 Å². The van der Waals surface area contributed by atoms with Gasteiger partial charge >= 0.3 is 0 Å². The normalized spacial score (nSPS) is 10.6. The highest BCUT2D eigenvalue weighted by molar-refractivity contribution is 7.17. The zero-order chi connectivity index (χ0) is 11.7.